The molecule has 0 aromatic heterocycles. The van der Waals surface area contributed by atoms with E-state index in [4.69, 9.17) is 39.5 Å². The van der Waals surface area contributed by atoms with Crippen molar-refractivity contribution in [2.24, 2.45) is 0 Å². The molecule has 2 rings (SSSR count). The summed E-state index contributed by atoms with van der Waals surface area (Å²) < 4.78 is 5.74. The molecule has 0 bridgehead atoms. The van der Waals surface area contributed by atoms with Gasteiger partial charge in [0.2, 0.25) is 0 Å². The molecule has 0 fully saturated rings. The first-order chi connectivity index (χ1) is 12.8. The predicted molar refractivity (Wildman–Crippen MR) is 117 cm³/mol. The highest BCUT2D eigenvalue weighted by Crippen LogP contribution is 2.27. The number of nitrogens with one attached hydrogen (secondary N) is 1. The summed E-state index contributed by atoms with van der Waals surface area (Å²) in [5, 5.41) is 4.90. The fourth-order valence-electron chi connectivity index (χ4n) is 2.44. The lowest BCUT2D eigenvalue weighted by Crippen LogP contribution is -2.37. The zero-order valence-electron chi connectivity index (χ0n) is 15.4. The molecular weight excluding hydrogens is 425 g/mol. The van der Waals surface area contributed by atoms with Crippen LogP contribution in [0.1, 0.15) is 23.6 Å². The van der Waals surface area contributed by atoms with E-state index in [0.29, 0.717) is 22.3 Å². The molecule has 0 aliphatic heterocycles. The molecule has 0 aliphatic rings. The fourth-order valence-corrected chi connectivity index (χ4v) is 3.97. The minimum absolute atomic E-state index is 0.148. The molecular formula is C20H22Cl3NO2S. The van der Waals surface area contributed by atoms with Gasteiger partial charge in [0.15, 0.2) is 6.10 Å². The number of carbonyl (C=O) groups is 1. The Labute approximate surface area is 179 Å². The lowest BCUT2D eigenvalue weighted by atomic mass is 10.1. The van der Waals surface area contributed by atoms with Crippen LogP contribution in [0.15, 0.2) is 30.3 Å². The number of aryl methyl sites for hydroxylation is 2. The molecule has 1 unspecified atom stereocenters. The average molecular weight is 447 g/mol. The van der Waals surface area contributed by atoms with E-state index in [1.54, 1.807) is 24.8 Å². The molecule has 1 N–H and O–H groups in total. The second-order valence-electron chi connectivity index (χ2n) is 6.21. The average Bonchev–Trinajstić information content (AvgIpc) is 2.60. The zero-order valence-corrected chi connectivity index (χ0v) is 18.5. The van der Waals surface area contributed by atoms with Gasteiger partial charge >= 0.3 is 0 Å². The number of benzene rings is 2. The Morgan fingerprint density at radius 2 is 1.81 bits per heavy atom. The highest BCUT2D eigenvalue weighted by Gasteiger charge is 2.15. The molecule has 27 heavy (non-hydrogen) atoms. The SMILES string of the molecule is Cc1cc(OC(C)C(=O)NCCSCc2ccc(Cl)cc2Cl)cc(C)c1Cl. The van der Waals surface area contributed by atoms with Crippen LogP contribution < -0.4 is 10.1 Å². The van der Waals surface area contributed by atoms with E-state index in [1.165, 1.54) is 0 Å². The Kier molecular flexibility index (Phi) is 8.62. The smallest absolute Gasteiger partial charge is 0.260 e. The van der Waals surface area contributed by atoms with Gasteiger partial charge in [-0.3, -0.25) is 4.79 Å². The number of carbonyl (C=O) groups excluding carboxylic acids is 1. The van der Waals surface area contributed by atoms with E-state index in [0.717, 1.165) is 33.2 Å². The summed E-state index contributed by atoms with van der Waals surface area (Å²) in [5.41, 5.74) is 2.88. The molecule has 7 heteroatoms. The molecule has 0 aliphatic carbocycles. The van der Waals surface area contributed by atoms with Gasteiger partial charge in [-0.25, -0.2) is 0 Å². The zero-order chi connectivity index (χ0) is 20.0. The first kappa shape index (κ1) is 22.2. The van der Waals surface area contributed by atoms with Crippen molar-refractivity contribution in [3.8, 4) is 5.75 Å². The second-order valence-corrected chi connectivity index (χ2v) is 8.54. The standard InChI is InChI=1S/C20H22Cl3NO2S/c1-12-8-17(9-13(2)19(12)23)26-14(3)20(25)24-6-7-27-11-15-4-5-16(21)10-18(15)22/h4-5,8-10,14H,6-7,11H2,1-3H3,(H,24,25). The Hall–Kier alpha value is -1.07. The third-order valence-corrected chi connectivity index (χ3v) is 6.10. The van der Waals surface area contributed by atoms with Crippen LogP contribution in [0.25, 0.3) is 0 Å². The molecule has 3 nitrogen and oxygen atoms in total. The van der Waals surface area contributed by atoms with Gasteiger partial charge in [0.05, 0.1) is 0 Å². The summed E-state index contributed by atoms with van der Waals surface area (Å²) in [7, 11) is 0. The van der Waals surface area contributed by atoms with Gasteiger partial charge in [-0.2, -0.15) is 11.8 Å². The third-order valence-electron chi connectivity index (χ3n) is 3.91. The molecule has 0 heterocycles. The second kappa shape index (κ2) is 10.5. The van der Waals surface area contributed by atoms with Crippen molar-refractivity contribution in [2.45, 2.75) is 32.6 Å². The molecule has 1 amide bonds. The topological polar surface area (TPSA) is 38.3 Å². The molecule has 146 valence electrons. The Morgan fingerprint density at radius 3 is 2.44 bits per heavy atom. The first-order valence-electron chi connectivity index (χ1n) is 8.50. The van der Waals surface area contributed by atoms with Gasteiger partial charge in [0.25, 0.3) is 5.91 Å². The summed E-state index contributed by atoms with van der Waals surface area (Å²) in [6, 6.07) is 9.15. The van der Waals surface area contributed by atoms with Crippen LogP contribution in [-0.2, 0) is 10.5 Å². The number of hydrogen-bond donors (Lipinski definition) is 1. The van der Waals surface area contributed by atoms with Crippen LogP contribution in [0.4, 0.5) is 0 Å². The van der Waals surface area contributed by atoms with E-state index in [-0.39, 0.29) is 5.91 Å². The molecule has 0 saturated heterocycles. The van der Waals surface area contributed by atoms with Crippen LogP contribution in [0.2, 0.25) is 15.1 Å². The summed E-state index contributed by atoms with van der Waals surface area (Å²) in [4.78, 5) is 12.2. The maximum Gasteiger partial charge on any atom is 0.260 e. The summed E-state index contributed by atoms with van der Waals surface area (Å²) in [6.07, 6.45) is -0.583. The molecule has 0 spiro atoms. The van der Waals surface area contributed by atoms with E-state index in [2.05, 4.69) is 5.32 Å². The summed E-state index contributed by atoms with van der Waals surface area (Å²) in [6.45, 7) is 6.12. The normalized spacial score (nSPS) is 11.9. The molecule has 0 saturated carbocycles. The van der Waals surface area contributed by atoms with E-state index in [9.17, 15) is 4.79 Å². The third kappa shape index (κ3) is 6.79. The van der Waals surface area contributed by atoms with Crippen LogP contribution in [0.5, 0.6) is 5.75 Å². The molecule has 0 radical (unpaired) electrons. The predicted octanol–water partition coefficient (Wildman–Crippen LogP) is 6.08. The molecule has 2 aromatic rings. The summed E-state index contributed by atoms with van der Waals surface area (Å²) >= 11 is 19.9. The number of ether oxygens (including phenoxy) is 1. The highest BCUT2D eigenvalue weighted by atomic mass is 35.5. The van der Waals surface area contributed by atoms with Gasteiger partial charge in [-0.1, -0.05) is 40.9 Å². The first-order valence-corrected chi connectivity index (χ1v) is 10.8. The monoisotopic (exact) mass is 445 g/mol. The minimum Gasteiger partial charge on any atom is -0.481 e. The number of rotatable bonds is 8. The minimum atomic E-state index is -0.583. The Morgan fingerprint density at radius 1 is 1.15 bits per heavy atom. The molecule has 2 aromatic carbocycles. The lowest BCUT2D eigenvalue weighted by Gasteiger charge is -2.16. The van der Waals surface area contributed by atoms with Crippen molar-refractivity contribution in [1.29, 1.82) is 0 Å². The lowest BCUT2D eigenvalue weighted by molar-refractivity contribution is -0.127. The van der Waals surface area contributed by atoms with Gasteiger partial charge in [0.1, 0.15) is 5.75 Å². The van der Waals surface area contributed by atoms with Crippen molar-refractivity contribution in [3.63, 3.8) is 0 Å². The van der Waals surface area contributed by atoms with E-state index < -0.39 is 6.10 Å². The Balaban J connectivity index is 1.73. The van der Waals surface area contributed by atoms with Crippen LogP contribution in [-0.4, -0.2) is 24.3 Å². The van der Waals surface area contributed by atoms with Crippen molar-refractivity contribution in [1.82, 2.24) is 5.32 Å². The van der Waals surface area contributed by atoms with Crippen LogP contribution >= 0.6 is 46.6 Å². The molecule has 1 atom stereocenters. The van der Waals surface area contributed by atoms with Crippen LogP contribution in [0, 0.1) is 13.8 Å². The van der Waals surface area contributed by atoms with Crippen molar-refractivity contribution < 1.29 is 9.53 Å². The fraction of sp³-hybridized carbons (Fsp3) is 0.350. The number of thioether (sulfide) groups is 1. The quantitative estimate of drug-likeness (QED) is 0.499. The van der Waals surface area contributed by atoms with Crippen LogP contribution in [0.3, 0.4) is 0 Å². The van der Waals surface area contributed by atoms with Gasteiger partial charge in [-0.05, 0) is 61.7 Å². The van der Waals surface area contributed by atoms with Gasteiger partial charge in [-0.15, -0.1) is 0 Å². The summed E-state index contributed by atoms with van der Waals surface area (Å²) in [5.74, 6) is 2.03. The van der Waals surface area contributed by atoms with E-state index >= 15 is 0 Å². The number of halogens is 3. The maximum atomic E-state index is 12.2. The maximum absolute atomic E-state index is 12.2. The Bertz CT molecular complexity index is 791. The van der Waals surface area contributed by atoms with Crippen molar-refractivity contribution in [3.05, 3.63) is 62.1 Å². The van der Waals surface area contributed by atoms with Crippen molar-refractivity contribution >= 4 is 52.5 Å². The van der Waals surface area contributed by atoms with E-state index in [1.807, 2.05) is 38.1 Å². The van der Waals surface area contributed by atoms with Crippen molar-refractivity contribution in [2.75, 3.05) is 12.3 Å². The highest BCUT2D eigenvalue weighted by molar-refractivity contribution is 7.98. The number of amides is 1. The largest absolute Gasteiger partial charge is 0.481 e. The van der Waals surface area contributed by atoms with Gasteiger partial charge < -0.3 is 10.1 Å². The van der Waals surface area contributed by atoms with Gasteiger partial charge in [0, 0.05) is 33.1 Å². The number of hydrogen-bond acceptors (Lipinski definition) is 3.